The van der Waals surface area contributed by atoms with Crippen LogP contribution in [0.15, 0.2) is 24.7 Å². The van der Waals surface area contributed by atoms with Gasteiger partial charge in [-0.1, -0.05) is 11.6 Å². The Labute approximate surface area is 186 Å². The molecule has 0 unspecified atom stereocenters. The normalized spacial score (nSPS) is 21.3. The first-order chi connectivity index (χ1) is 15.0. The van der Waals surface area contributed by atoms with Crippen molar-refractivity contribution in [2.75, 3.05) is 29.9 Å². The number of hydrogen-bond acceptors (Lipinski definition) is 6. The zero-order valence-electron chi connectivity index (χ0n) is 17.7. The van der Waals surface area contributed by atoms with Gasteiger partial charge in [0.25, 0.3) is 0 Å². The number of aromatic nitrogens is 4. The third-order valence-electron chi connectivity index (χ3n) is 6.48. The molecule has 0 bridgehead atoms. The van der Waals surface area contributed by atoms with Crippen LogP contribution in [0.25, 0.3) is 11.0 Å². The Bertz CT molecular complexity index is 1130. The number of H-pyrrole nitrogens is 1. The first-order valence-corrected chi connectivity index (χ1v) is 11.1. The molecule has 162 valence electrons. The molecule has 0 radical (unpaired) electrons. The number of amides is 1. The summed E-state index contributed by atoms with van der Waals surface area (Å²) in [5.74, 6) is 1.03. The molecule has 1 amide bonds. The second-order valence-electron chi connectivity index (χ2n) is 8.41. The fraction of sp³-hybridized carbons (Fsp3) is 0.455. The maximum atomic E-state index is 12.2. The largest absolute Gasteiger partial charge is 0.363 e. The van der Waals surface area contributed by atoms with Crippen LogP contribution < -0.4 is 15.1 Å². The van der Waals surface area contributed by atoms with E-state index in [1.54, 1.807) is 13.4 Å². The molecular formula is C22H26ClN7O. The van der Waals surface area contributed by atoms with E-state index >= 15 is 0 Å². The van der Waals surface area contributed by atoms with Gasteiger partial charge in [-0.25, -0.2) is 15.0 Å². The van der Waals surface area contributed by atoms with Gasteiger partial charge in [-0.2, -0.15) is 0 Å². The van der Waals surface area contributed by atoms with Crippen molar-refractivity contribution in [3.63, 3.8) is 0 Å². The van der Waals surface area contributed by atoms with Crippen molar-refractivity contribution in [1.82, 2.24) is 25.3 Å². The molecule has 0 saturated carbocycles. The Kier molecular flexibility index (Phi) is 5.17. The number of carbonyl (C=O) groups is 1. The molecule has 2 aliphatic heterocycles. The van der Waals surface area contributed by atoms with Gasteiger partial charge in [0.2, 0.25) is 5.91 Å². The first kappa shape index (κ1) is 20.1. The molecule has 2 atom stereocenters. The third-order valence-corrected chi connectivity index (χ3v) is 6.68. The molecule has 5 heterocycles. The van der Waals surface area contributed by atoms with Crippen molar-refractivity contribution in [3.8, 4) is 0 Å². The minimum atomic E-state index is -0.0125. The number of rotatable bonds is 3. The lowest BCUT2D eigenvalue weighted by atomic mass is 9.95. The van der Waals surface area contributed by atoms with Crippen LogP contribution in [0, 0.1) is 5.92 Å². The number of piperidine rings is 1. The van der Waals surface area contributed by atoms with Crippen LogP contribution in [-0.4, -0.2) is 52.0 Å². The van der Waals surface area contributed by atoms with Gasteiger partial charge >= 0.3 is 0 Å². The number of fused-ring (bicyclic) bond motifs is 2. The molecule has 3 aromatic rings. The minimum Gasteiger partial charge on any atom is -0.363 e. The highest BCUT2D eigenvalue weighted by molar-refractivity contribution is 6.30. The highest BCUT2D eigenvalue weighted by Gasteiger charge is 2.32. The molecule has 0 aliphatic carbocycles. The van der Waals surface area contributed by atoms with Crippen LogP contribution in [0.5, 0.6) is 0 Å². The number of nitrogens with one attached hydrogen (secondary N) is 2. The van der Waals surface area contributed by atoms with Crippen molar-refractivity contribution in [2.45, 2.75) is 38.8 Å². The minimum absolute atomic E-state index is 0.0125. The maximum Gasteiger partial charge on any atom is 0.224 e. The van der Waals surface area contributed by atoms with Crippen molar-refractivity contribution < 1.29 is 4.79 Å². The lowest BCUT2D eigenvalue weighted by Crippen LogP contribution is -2.44. The van der Waals surface area contributed by atoms with Gasteiger partial charge < -0.3 is 20.1 Å². The molecule has 3 aromatic heterocycles. The van der Waals surface area contributed by atoms with Gasteiger partial charge in [0.1, 0.15) is 22.9 Å². The Morgan fingerprint density at radius 3 is 3.06 bits per heavy atom. The van der Waals surface area contributed by atoms with Crippen LogP contribution in [-0.2, 0) is 17.8 Å². The van der Waals surface area contributed by atoms with E-state index in [-0.39, 0.29) is 17.9 Å². The third kappa shape index (κ3) is 3.59. The molecule has 8 nitrogen and oxygen atoms in total. The molecule has 0 spiro atoms. The van der Waals surface area contributed by atoms with Crippen LogP contribution in [0.1, 0.15) is 31.0 Å². The van der Waals surface area contributed by atoms with Crippen LogP contribution in [0.2, 0.25) is 5.15 Å². The molecule has 2 aliphatic rings. The molecule has 5 rings (SSSR count). The number of nitrogens with zero attached hydrogens (tertiary/aromatic N) is 5. The van der Waals surface area contributed by atoms with Crippen molar-refractivity contribution in [1.29, 1.82) is 0 Å². The van der Waals surface area contributed by atoms with Gasteiger partial charge in [-0.3, -0.25) is 4.79 Å². The summed E-state index contributed by atoms with van der Waals surface area (Å²) in [7, 11) is 1.70. The van der Waals surface area contributed by atoms with Crippen molar-refractivity contribution in [3.05, 3.63) is 41.1 Å². The van der Waals surface area contributed by atoms with E-state index in [0.717, 1.165) is 59.6 Å². The summed E-state index contributed by atoms with van der Waals surface area (Å²) in [5, 5.41) is 4.32. The van der Waals surface area contributed by atoms with Gasteiger partial charge in [-0.05, 0) is 31.9 Å². The summed E-state index contributed by atoms with van der Waals surface area (Å²) in [5.41, 5.74) is 4.07. The molecule has 0 aromatic carbocycles. The van der Waals surface area contributed by atoms with Crippen LogP contribution in [0.3, 0.4) is 0 Å². The van der Waals surface area contributed by atoms with Crippen molar-refractivity contribution >= 4 is 40.0 Å². The zero-order chi connectivity index (χ0) is 21.5. The van der Waals surface area contributed by atoms with E-state index < -0.39 is 0 Å². The van der Waals surface area contributed by atoms with E-state index in [2.05, 4.69) is 42.0 Å². The summed E-state index contributed by atoms with van der Waals surface area (Å²) >= 11 is 6.33. The van der Waals surface area contributed by atoms with E-state index in [4.69, 9.17) is 11.6 Å². The zero-order valence-corrected chi connectivity index (χ0v) is 18.5. The highest BCUT2D eigenvalue weighted by Crippen LogP contribution is 2.37. The Balaban J connectivity index is 1.51. The van der Waals surface area contributed by atoms with E-state index in [0.29, 0.717) is 18.2 Å². The predicted molar refractivity (Wildman–Crippen MR) is 121 cm³/mol. The summed E-state index contributed by atoms with van der Waals surface area (Å²) < 4.78 is 0. The number of carbonyl (C=O) groups excluding carboxylic acids is 1. The molecule has 31 heavy (non-hydrogen) atoms. The smallest absolute Gasteiger partial charge is 0.224 e. The van der Waals surface area contributed by atoms with Gasteiger partial charge in [0.15, 0.2) is 0 Å². The number of hydrogen-bond donors (Lipinski definition) is 2. The van der Waals surface area contributed by atoms with Gasteiger partial charge in [0.05, 0.1) is 17.3 Å². The second-order valence-corrected chi connectivity index (χ2v) is 8.79. The molecule has 1 fully saturated rings. The fourth-order valence-electron chi connectivity index (χ4n) is 4.90. The average molecular weight is 440 g/mol. The Hall–Kier alpha value is -2.87. The average Bonchev–Trinajstić information content (AvgIpc) is 3.25. The SMILES string of the molecule is CNC(=O)[C@H]1CCCN(c2ncnc3c2CN(c2cc(Cl)nc4[nH]ccc24)[C@H](C)C3)C1. The van der Waals surface area contributed by atoms with E-state index in [1.165, 1.54) is 0 Å². The number of anilines is 2. The van der Waals surface area contributed by atoms with E-state index in [1.807, 2.05) is 18.3 Å². The molecule has 1 saturated heterocycles. The standard InChI is InChI=1S/C22H26ClN7O/c1-13-8-17-16(11-30(13)18-9-19(23)28-20-15(18)5-6-25-20)21(27-12-26-17)29-7-3-4-14(10-29)22(31)24-2/h5-6,9,12-14H,3-4,7-8,10-11H2,1-2H3,(H,24,31)(H,25,28)/t13-,14+/m1/s1. The quantitative estimate of drug-likeness (QED) is 0.610. The van der Waals surface area contributed by atoms with Gasteiger partial charge in [0, 0.05) is 56.3 Å². The summed E-state index contributed by atoms with van der Waals surface area (Å²) in [6.07, 6.45) is 6.26. The predicted octanol–water partition coefficient (Wildman–Crippen LogP) is 2.92. The summed E-state index contributed by atoms with van der Waals surface area (Å²) in [6, 6.07) is 4.23. The fourth-order valence-corrected chi connectivity index (χ4v) is 5.09. The summed E-state index contributed by atoms with van der Waals surface area (Å²) in [6.45, 7) is 4.48. The van der Waals surface area contributed by atoms with Crippen LogP contribution in [0.4, 0.5) is 11.5 Å². The highest BCUT2D eigenvalue weighted by atomic mass is 35.5. The number of halogens is 1. The maximum absolute atomic E-state index is 12.2. The number of aromatic amines is 1. The molecule has 9 heteroatoms. The Morgan fingerprint density at radius 1 is 1.35 bits per heavy atom. The molecule has 2 N–H and O–H groups in total. The Morgan fingerprint density at radius 2 is 2.23 bits per heavy atom. The lowest BCUT2D eigenvalue weighted by Gasteiger charge is -2.39. The summed E-state index contributed by atoms with van der Waals surface area (Å²) in [4.78, 5) is 33.7. The monoisotopic (exact) mass is 439 g/mol. The van der Waals surface area contributed by atoms with E-state index in [9.17, 15) is 4.79 Å². The van der Waals surface area contributed by atoms with Crippen LogP contribution >= 0.6 is 11.6 Å². The second kappa shape index (κ2) is 8.00. The number of pyridine rings is 1. The van der Waals surface area contributed by atoms with Crippen molar-refractivity contribution in [2.24, 2.45) is 5.92 Å². The first-order valence-electron chi connectivity index (χ1n) is 10.7. The lowest BCUT2D eigenvalue weighted by molar-refractivity contribution is -0.124. The molecular weight excluding hydrogens is 414 g/mol. The van der Waals surface area contributed by atoms with Gasteiger partial charge in [-0.15, -0.1) is 0 Å². The topological polar surface area (TPSA) is 90.0 Å².